The number of non-ortho nitro benzene ring substituents is 1. The van der Waals surface area contributed by atoms with Crippen molar-refractivity contribution in [3.05, 3.63) is 58.5 Å². The van der Waals surface area contributed by atoms with Gasteiger partial charge in [0.25, 0.3) is 5.69 Å². The van der Waals surface area contributed by atoms with Crippen LogP contribution in [0.4, 0.5) is 17.2 Å². The SMILES string of the molecule is Cc1cc(Nc2cnn(CCN(C)C)c2)nc(-c2cccc([N+](=O)[O-])c2)n1. The van der Waals surface area contributed by atoms with Crippen LogP contribution in [0.1, 0.15) is 5.69 Å². The molecule has 3 aromatic rings. The number of nitrogens with zero attached hydrogens (tertiary/aromatic N) is 6. The molecule has 9 nitrogen and oxygen atoms in total. The summed E-state index contributed by atoms with van der Waals surface area (Å²) in [4.78, 5) is 21.6. The zero-order valence-electron chi connectivity index (χ0n) is 15.5. The number of nitro benzene ring substituents is 1. The first-order valence-electron chi connectivity index (χ1n) is 8.45. The lowest BCUT2D eigenvalue weighted by atomic mass is 10.2. The van der Waals surface area contributed by atoms with Gasteiger partial charge >= 0.3 is 0 Å². The fourth-order valence-corrected chi connectivity index (χ4v) is 2.52. The van der Waals surface area contributed by atoms with Crippen LogP contribution in [0, 0.1) is 17.0 Å². The number of aromatic nitrogens is 4. The quantitative estimate of drug-likeness (QED) is 0.506. The third-order valence-electron chi connectivity index (χ3n) is 3.85. The molecule has 0 radical (unpaired) electrons. The molecule has 0 saturated carbocycles. The number of rotatable bonds is 7. The summed E-state index contributed by atoms with van der Waals surface area (Å²) in [5, 5.41) is 18.5. The second kappa shape index (κ2) is 7.92. The normalized spacial score (nSPS) is 11.0. The van der Waals surface area contributed by atoms with Crippen LogP contribution < -0.4 is 5.32 Å². The van der Waals surface area contributed by atoms with Gasteiger partial charge in [-0.05, 0) is 21.0 Å². The number of aryl methyl sites for hydroxylation is 1. The van der Waals surface area contributed by atoms with Gasteiger partial charge in [0, 0.05) is 42.2 Å². The van der Waals surface area contributed by atoms with E-state index in [4.69, 9.17) is 0 Å². The molecule has 140 valence electrons. The maximum absolute atomic E-state index is 11.0. The van der Waals surface area contributed by atoms with Gasteiger partial charge in [0.05, 0.1) is 23.4 Å². The average molecular weight is 367 g/mol. The Morgan fingerprint density at radius 2 is 2.07 bits per heavy atom. The van der Waals surface area contributed by atoms with E-state index in [1.165, 1.54) is 12.1 Å². The highest BCUT2D eigenvalue weighted by atomic mass is 16.6. The highest BCUT2D eigenvalue weighted by Crippen LogP contribution is 2.23. The molecule has 2 heterocycles. The first-order valence-corrected chi connectivity index (χ1v) is 8.45. The minimum Gasteiger partial charge on any atom is -0.338 e. The zero-order chi connectivity index (χ0) is 19.4. The Hall–Kier alpha value is -3.33. The minimum atomic E-state index is -0.430. The molecule has 0 aliphatic heterocycles. The maximum atomic E-state index is 11.0. The molecule has 0 atom stereocenters. The molecule has 0 saturated heterocycles. The van der Waals surface area contributed by atoms with E-state index < -0.39 is 4.92 Å². The van der Waals surface area contributed by atoms with Gasteiger partial charge in [0.1, 0.15) is 5.82 Å². The van der Waals surface area contributed by atoms with Crippen molar-refractivity contribution in [1.82, 2.24) is 24.6 Å². The van der Waals surface area contributed by atoms with Crippen LogP contribution in [-0.4, -0.2) is 50.2 Å². The summed E-state index contributed by atoms with van der Waals surface area (Å²) in [6.07, 6.45) is 3.65. The van der Waals surface area contributed by atoms with Gasteiger partial charge in [0.2, 0.25) is 0 Å². The van der Waals surface area contributed by atoms with Crippen LogP contribution in [-0.2, 0) is 6.54 Å². The summed E-state index contributed by atoms with van der Waals surface area (Å²) in [6.45, 7) is 3.54. The van der Waals surface area contributed by atoms with Crippen molar-refractivity contribution in [1.29, 1.82) is 0 Å². The Morgan fingerprint density at radius 3 is 2.81 bits per heavy atom. The molecular weight excluding hydrogens is 346 g/mol. The van der Waals surface area contributed by atoms with E-state index in [-0.39, 0.29) is 5.69 Å². The molecule has 0 spiro atoms. The molecule has 0 aliphatic carbocycles. The molecule has 0 unspecified atom stereocenters. The molecule has 9 heteroatoms. The van der Waals surface area contributed by atoms with Crippen molar-refractivity contribution in [3.8, 4) is 11.4 Å². The van der Waals surface area contributed by atoms with Gasteiger partial charge in [-0.25, -0.2) is 9.97 Å². The number of likely N-dealkylation sites (N-methyl/N-ethyl adjacent to an activating group) is 1. The lowest BCUT2D eigenvalue weighted by molar-refractivity contribution is -0.384. The summed E-state index contributed by atoms with van der Waals surface area (Å²) in [5.41, 5.74) is 2.18. The first kappa shape index (κ1) is 18.5. The third kappa shape index (κ3) is 4.85. The molecule has 1 aromatic carbocycles. The Kier molecular flexibility index (Phi) is 5.41. The van der Waals surface area contributed by atoms with Crippen molar-refractivity contribution in [2.24, 2.45) is 0 Å². The van der Waals surface area contributed by atoms with Crippen LogP contribution in [0.2, 0.25) is 0 Å². The van der Waals surface area contributed by atoms with Crippen LogP contribution in [0.25, 0.3) is 11.4 Å². The van der Waals surface area contributed by atoms with E-state index in [9.17, 15) is 10.1 Å². The van der Waals surface area contributed by atoms with Crippen LogP contribution in [0.15, 0.2) is 42.7 Å². The second-order valence-electron chi connectivity index (χ2n) is 6.45. The molecule has 0 amide bonds. The monoisotopic (exact) mass is 367 g/mol. The Bertz CT molecular complexity index is 952. The number of hydrogen-bond acceptors (Lipinski definition) is 7. The van der Waals surface area contributed by atoms with Crippen molar-refractivity contribution in [3.63, 3.8) is 0 Å². The van der Waals surface area contributed by atoms with E-state index in [0.29, 0.717) is 17.2 Å². The fourth-order valence-electron chi connectivity index (χ4n) is 2.52. The lowest BCUT2D eigenvalue weighted by Crippen LogP contribution is -2.18. The molecule has 27 heavy (non-hydrogen) atoms. The van der Waals surface area contributed by atoms with Crippen LogP contribution >= 0.6 is 0 Å². The zero-order valence-corrected chi connectivity index (χ0v) is 15.5. The molecule has 2 aromatic heterocycles. The van der Waals surface area contributed by atoms with E-state index in [0.717, 1.165) is 24.5 Å². The van der Waals surface area contributed by atoms with Gasteiger partial charge in [-0.2, -0.15) is 5.10 Å². The highest BCUT2D eigenvalue weighted by molar-refractivity contribution is 5.63. The second-order valence-corrected chi connectivity index (χ2v) is 6.45. The van der Waals surface area contributed by atoms with Crippen LogP contribution in [0.5, 0.6) is 0 Å². The minimum absolute atomic E-state index is 0.00860. The fraction of sp³-hybridized carbons (Fsp3) is 0.278. The van der Waals surface area contributed by atoms with Gasteiger partial charge in [-0.3, -0.25) is 14.8 Å². The Balaban J connectivity index is 1.82. The number of benzene rings is 1. The van der Waals surface area contributed by atoms with Gasteiger partial charge in [0.15, 0.2) is 5.82 Å². The van der Waals surface area contributed by atoms with E-state index in [1.807, 2.05) is 38.0 Å². The van der Waals surface area contributed by atoms with E-state index >= 15 is 0 Å². The summed E-state index contributed by atoms with van der Waals surface area (Å²) in [5.74, 6) is 1.04. The lowest BCUT2D eigenvalue weighted by Gasteiger charge is -2.09. The largest absolute Gasteiger partial charge is 0.338 e. The number of anilines is 2. The van der Waals surface area contributed by atoms with Crippen molar-refractivity contribution in [2.75, 3.05) is 26.0 Å². The number of hydrogen-bond donors (Lipinski definition) is 1. The standard InChI is InChI=1S/C18H21N7O2/c1-13-9-17(21-15-11-19-24(12-15)8-7-23(2)3)22-18(20-13)14-5-4-6-16(10-14)25(26)27/h4-6,9-12H,7-8H2,1-3H3,(H,20,21,22). The molecular formula is C18H21N7O2. The first-order chi connectivity index (χ1) is 12.9. The number of nitro groups is 1. The summed E-state index contributed by atoms with van der Waals surface area (Å²) in [7, 11) is 4.03. The number of nitrogens with one attached hydrogen (secondary N) is 1. The molecule has 0 aliphatic rings. The van der Waals surface area contributed by atoms with Gasteiger partial charge in [-0.1, -0.05) is 12.1 Å². The Labute approximate surface area is 156 Å². The van der Waals surface area contributed by atoms with Gasteiger partial charge < -0.3 is 10.2 Å². The smallest absolute Gasteiger partial charge is 0.270 e. The summed E-state index contributed by atoms with van der Waals surface area (Å²) < 4.78 is 1.86. The van der Waals surface area contributed by atoms with Gasteiger partial charge in [-0.15, -0.1) is 0 Å². The van der Waals surface area contributed by atoms with Crippen LogP contribution in [0.3, 0.4) is 0 Å². The molecule has 3 rings (SSSR count). The summed E-state index contributed by atoms with van der Waals surface area (Å²) in [6, 6.07) is 8.11. The average Bonchev–Trinajstić information content (AvgIpc) is 3.07. The van der Waals surface area contributed by atoms with Crippen molar-refractivity contribution < 1.29 is 4.92 Å². The van der Waals surface area contributed by atoms with Crippen molar-refractivity contribution in [2.45, 2.75) is 13.5 Å². The molecule has 1 N–H and O–H groups in total. The molecule has 0 bridgehead atoms. The molecule has 0 fully saturated rings. The third-order valence-corrected chi connectivity index (χ3v) is 3.85. The van der Waals surface area contributed by atoms with Crippen molar-refractivity contribution >= 4 is 17.2 Å². The summed E-state index contributed by atoms with van der Waals surface area (Å²) >= 11 is 0. The predicted octanol–water partition coefficient (Wildman–Crippen LogP) is 2.86. The van der Waals surface area contributed by atoms with E-state index in [1.54, 1.807) is 18.3 Å². The topological polar surface area (TPSA) is 102 Å². The van der Waals surface area contributed by atoms with E-state index in [2.05, 4.69) is 25.3 Å². The highest BCUT2D eigenvalue weighted by Gasteiger charge is 2.11. The predicted molar refractivity (Wildman–Crippen MR) is 103 cm³/mol. The maximum Gasteiger partial charge on any atom is 0.270 e. The Morgan fingerprint density at radius 1 is 1.26 bits per heavy atom.